The highest BCUT2D eigenvalue weighted by atomic mass is 19.2. The lowest BCUT2D eigenvalue weighted by Crippen LogP contribution is -2.30. The second-order valence-corrected chi connectivity index (χ2v) is 5.41. The second-order valence-electron chi connectivity index (χ2n) is 5.41. The lowest BCUT2D eigenvalue weighted by molar-refractivity contribution is -0.163. The molecule has 3 nitrogen and oxygen atoms in total. The topological polar surface area (TPSA) is 46.5 Å². The van der Waals surface area contributed by atoms with Gasteiger partial charge in [0.25, 0.3) is 0 Å². The van der Waals surface area contributed by atoms with Crippen LogP contribution in [0.15, 0.2) is 18.2 Å². The Balaban J connectivity index is 2.91. The third-order valence-electron chi connectivity index (χ3n) is 2.55. The van der Waals surface area contributed by atoms with E-state index in [4.69, 9.17) is 4.74 Å². The Bertz CT molecular complexity index is 466. The van der Waals surface area contributed by atoms with Gasteiger partial charge in [0.1, 0.15) is 5.60 Å². The summed E-state index contributed by atoms with van der Waals surface area (Å²) >= 11 is 0. The molecule has 1 rings (SSSR count). The summed E-state index contributed by atoms with van der Waals surface area (Å²) < 4.78 is 31.7. The molecule has 0 saturated heterocycles. The van der Waals surface area contributed by atoms with Gasteiger partial charge in [0.15, 0.2) is 11.6 Å². The standard InChI is InChI=1S/C14H18F2O3/c1-8(13(18)19-14(2,3)4)12(17)9-6-5-7-10(15)11(9)16/h5-8,12,17H,1-4H3. The maximum Gasteiger partial charge on any atom is 0.312 e. The largest absolute Gasteiger partial charge is 0.460 e. The second kappa shape index (κ2) is 5.65. The third-order valence-corrected chi connectivity index (χ3v) is 2.55. The van der Waals surface area contributed by atoms with E-state index in [1.165, 1.54) is 19.1 Å². The number of ether oxygens (including phenoxy) is 1. The Hall–Kier alpha value is -1.49. The summed E-state index contributed by atoms with van der Waals surface area (Å²) in [5.41, 5.74) is -0.954. The number of carbonyl (C=O) groups is 1. The molecule has 0 aliphatic rings. The molecule has 0 heterocycles. The highest BCUT2D eigenvalue weighted by molar-refractivity contribution is 5.73. The summed E-state index contributed by atoms with van der Waals surface area (Å²) in [7, 11) is 0. The van der Waals surface area contributed by atoms with E-state index in [0.29, 0.717) is 0 Å². The van der Waals surface area contributed by atoms with Crippen LogP contribution >= 0.6 is 0 Å². The lowest BCUT2D eigenvalue weighted by Gasteiger charge is -2.24. The lowest BCUT2D eigenvalue weighted by atomic mass is 9.96. The van der Waals surface area contributed by atoms with Crippen LogP contribution in [0, 0.1) is 17.6 Å². The molecule has 0 fully saturated rings. The van der Waals surface area contributed by atoms with E-state index < -0.39 is 35.2 Å². The molecule has 0 spiro atoms. The van der Waals surface area contributed by atoms with Crippen molar-refractivity contribution in [1.82, 2.24) is 0 Å². The van der Waals surface area contributed by atoms with Gasteiger partial charge in [-0.25, -0.2) is 8.78 Å². The van der Waals surface area contributed by atoms with Crippen LogP contribution in [0.3, 0.4) is 0 Å². The fourth-order valence-corrected chi connectivity index (χ4v) is 1.54. The Kier molecular flexibility index (Phi) is 4.63. The van der Waals surface area contributed by atoms with Gasteiger partial charge < -0.3 is 9.84 Å². The first-order valence-corrected chi connectivity index (χ1v) is 5.98. The van der Waals surface area contributed by atoms with Gasteiger partial charge in [-0.05, 0) is 33.8 Å². The number of benzene rings is 1. The molecule has 0 saturated carbocycles. The minimum Gasteiger partial charge on any atom is -0.460 e. The highest BCUT2D eigenvalue weighted by Gasteiger charge is 2.30. The van der Waals surface area contributed by atoms with Crippen molar-refractivity contribution in [2.24, 2.45) is 5.92 Å². The van der Waals surface area contributed by atoms with E-state index in [0.717, 1.165) is 6.07 Å². The van der Waals surface area contributed by atoms with E-state index in [-0.39, 0.29) is 5.56 Å². The monoisotopic (exact) mass is 272 g/mol. The van der Waals surface area contributed by atoms with Crippen molar-refractivity contribution >= 4 is 5.97 Å². The molecule has 19 heavy (non-hydrogen) atoms. The molecule has 2 atom stereocenters. The molecule has 0 aliphatic heterocycles. The maximum atomic E-state index is 13.5. The quantitative estimate of drug-likeness (QED) is 0.860. The van der Waals surface area contributed by atoms with Gasteiger partial charge in [-0.15, -0.1) is 0 Å². The molecular formula is C14H18F2O3. The fraction of sp³-hybridized carbons (Fsp3) is 0.500. The van der Waals surface area contributed by atoms with Crippen LogP contribution in [0.5, 0.6) is 0 Å². The number of carbonyl (C=O) groups excluding carboxylic acids is 1. The number of esters is 1. The molecule has 0 radical (unpaired) electrons. The minimum atomic E-state index is -1.45. The Morgan fingerprint density at radius 1 is 1.32 bits per heavy atom. The van der Waals surface area contributed by atoms with Crippen molar-refractivity contribution in [2.45, 2.75) is 39.4 Å². The predicted molar refractivity (Wildman–Crippen MR) is 66.3 cm³/mol. The number of aliphatic hydroxyl groups is 1. The van der Waals surface area contributed by atoms with Crippen LogP contribution < -0.4 is 0 Å². The Morgan fingerprint density at radius 3 is 2.42 bits per heavy atom. The number of hydrogen-bond acceptors (Lipinski definition) is 3. The minimum absolute atomic E-state index is 0.252. The summed E-state index contributed by atoms with van der Waals surface area (Å²) in [5.74, 6) is -3.86. The molecule has 2 unspecified atom stereocenters. The van der Waals surface area contributed by atoms with Gasteiger partial charge in [0.2, 0.25) is 0 Å². The van der Waals surface area contributed by atoms with Crippen LogP contribution in [0.2, 0.25) is 0 Å². The van der Waals surface area contributed by atoms with Crippen molar-refractivity contribution in [3.05, 3.63) is 35.4 Å². The van der Waals surface area contributed by atoms with Gasteiger partial charge >= 0.3 is 5.97 Å². The van der Waals surface area contributed by atoms with Crippen molar-refractivity contribution in [3.63, 3.8) is 0 Å². The van der Waals surface area contributed by atoms with E-state index >= 15 is 0 Å². The molecule has 1 aromatic carbocycles. The van der Waals surface area contributed by atoms with Crippen LogP contribution in [0.25, 0.3) is 0 Å². The zero-order chi connectivity index (χ0) is 14.8. The third kappa shape index (κ3) is 3.99. The molecule has 1 aromatic rings. The molecule has 0 aromatic heterocycles. The average Bonchev–Trinajstić information content (AvgIpc) is 2.28. The van der Waals surface area contributed by atoms with Gasteiger partial charge in [0.05, 0.1) is 12.0 Å². The van der Waals surface area contributed by atoms with Gasteiger partial charge in [0, 0.05) is 5.56 Å². The number of hydrogen-bond donors (Lipinski definition) is 1. The van der Waals surface area contributed by atoms with Crippen molar-refractivity contribution in [3.8, 4) is 0 Å². The van der Waals surface area contributed by atoms with Crippen molar-refractivity contribution in [2.75, 3.05) is 0 Å². The first-order chi connectivity index (χ1) is 8.63. The molecule has 1 N–H and O–H groups in total. The van der Waals surface area contributed by atoms with Crippen LogP contribution in [0.4, 0.5) is 8.78 Å². The first-order valence-electron chi connectivity index (χ1n) is 5.98. The number of rotatable bonds is 3. The Morgan fingerprint density at radius 2 is 1.89 bits per heavy atom. The van der Waals surface area contributed by atoms with Gasteiger partial charge in [-0.3, -0.25) is 4.79 Å². The summed E-state index contributed by atoms with van der Waals surface area (Å²) in [4.78, 5) is 11.8. The highest BCUT2D eigenvalue weighted by Crippen LogP contribution is 2.27. The molecule has 0 aliphatic carbocycles. The van der Waals surface area contributed by atoms with Gasteiger partial charge in [-0.1, -0.05) is 12.1 Å². The van der Waals surface area contributed by atoms with Crippen molar-refractivity contribution in [1.29, 1.82) is 0 Å². The van der Waals surface area contributed by atoms with E-state index in [1.807, 2.05) is 0 Å². The molecule has 0 bridgehead atoms. The van der Waals surface area contributed by atoms with Crippen LogP contribution in [-0.4, -0.2) is 16.7 Å². The number of aliphatic hydroxyl groups excluding tert-OH is 1. The van der Waals surface area contributed by atoms with Crippen LogP contribution in [-0.2, 0) is 9.53 Å². The zero-order valence-corrected chi connectivity index (χ0v) is 11.4. The van der Waals surface area contributed by atoms with E-state index in [2.05, 4.69) is 0 Å². The van der Waals surface area contributed by atoms with E-state index in [9.17, 15) is 18.7 Å². The normalized spacial score (nSPS) is 14.9. The van der Waals surface area contributed by atoms with Crippen LogP contribution in [0.1, 0.15) is 39.4 Å². The summed E-state index contributed by atoms with van der Waals surface area (Å²) in [6.45, 7) is 6.47. The van der Waals surface area contributed by atoms with Gasteiger partial charge in [-0.2, -0.15) is 0 Å². The maximum absolute atomic E-state index is 13.5. The molecule has 5 heteroatoms. The fourth-order valence-electron chi connectivity index (χ4n) is 1.54. The zero-order valence-electron chi connectivity index (χ0n) is 11.4. The van der Waals surface area contributed by atoms with E-state index in [1.54, 1.807) is 20.8 Å². The van der Waals surface area contributed by atoms with Crippen molar-refractivity contribution < 1.29 is 23.4 Å². The molecule has 0 amide bonds. The SMILES string of the molecule is CC(C(=O)OC(C)(C)C)C(O)c1cccc(F)c1F. The summed E-state index contributed by atoms with van der Waals surface area (Å²) in [5, 5.41) is 9.95. The molecular weight excluding hydrogens is 254 g/mol. The summed E-state index contributed by atoms with van der Waals surface area (Å²) in [6, 6.07) is 3.46. The Labute approximate surface area is 111 Å². The smallest absolute Gasteiger partial charge is 0.312 e. The molecule has 106 valence electrons. The average molecular weight is 272 g/mol. The predicted octanol–water partition coefficient (Wildman–Crippen LogP) is 2.98. The summed E-state index contributed by atoms with van der Waals surface area (Å²) in [6.07, 6.45) is -1.45. The first kappa shape index (κ1) is 15.6. The number of halogens is 2.